The summed E-state index contributed by atoms with van der Waals surface area (Å²) in [6.07, 6.45) is -14.7. The van der Waals surface area contributed by atoms with Gasteiger partial charge in [0.25, 0.3) is 0 Å². The van der Waals surface area contributed by atoms with Crippen LogP contribution >= 0.6 is 0 Å². The number of hydrogen-bond acceptors (Lipinski definition) is 16. The molecule has 2 aromatic carbocycles. The van der Waals surface area contributed by atoms with Crippen molar-refractivity contribution in [3.63, 3.8) is 0 Å². The van der Waals surface area contributed by atoms with E-state index in [1.807, 2.05) is 0 Å². The topological polar surface area (TPSA) is 269 Å². The second-order valence-corrected chi connectivity index (χ2v) is 10.1. The summed E-state index contributed by atoms with van der Waals surface area (Å²) in [5.41, 5.74) is -0.553. The third-order valence-electron chi connectivity index (χ3n) is 7.35. The van der Waals surface area contributed by atoms with Crippen molar-refractivity contribution >= 4 is 11.0 Å². The molecule has 0 aliphatic carbocycles. The lowest BCUT2D eigenvalue weighted by Gasteiger charge is -2.42. The number of phenolic OH excluding ortho intramolecular Hbond substituents is 3. The van der Waals surface area contributed by atoms with E-state index in [1.165, 1.54) is 24.3 Å². The van der Waals surface area contributed by atoms with Crippen LogP contribution < -0.4 is 10.2 Å². The maximum atomic E-state index is 13.0. The number of phenols is 3. The summed E-state index contributed by atoms with van der Waals surface area (Å²) in [6.45, 7) is -1.22. The molecule has 234 valence electrons. The molecule has 0 spiro atoms. The zero-order chi connectivity index (χ0) is 31.2. The number of aliphatic hydroxyl groups is 7. The fraction of sp³-hybridized carbons (Fsp3) is 0.444. The van der Waals surface area contributed by atoms with E-state index in [1.54, 1.807) is 0 Å². The maximum Gasteiger partial charge on any atom is 0.229 e. The Balaban J connectivity index is 1.29. The second kappa shape index (κ2) is 12.2. The molecule has 2 fully saturated rings. The number of ether oxygens (including phenoxy) is 4. The highest BCUT2D eigenvalue weighted by atomic mass is 16.7. The molecule has 0 bridgehead atoms. The Morgan fingerprint density at radius 1 is 0.744 bits per heavy atom. The predicted octanol–water partition coefficient (Wildman–Crippen LogP) is -2.42. The maximum absolute atomic E-state index is 13.0. The van der Waals surface area contributed by atoms with Crippen LogP contribution in [-0.4, -0.2) is 126 Å². The smallest absolute Gasteiger partial charge is 0.229 e. The first-order valence-corrected chi connectivity index (χ1v) is 13.0. The molecule has 16 nitrogen and oxygen atoms in total. The Hall–Kier alpha value is -3.55. The number of aromatic hydroxyl groups is 3. The molecule has 10 atom stereocenters. The lowest BCUT2D eigenvalue weighted by molar-refractivity contribution is -0.323. The molecule has 3 aromatic rings. The van der Waals surface area contributed by atoms with Gasteiger partial charge in [0.1, 0.15) is 71.8 Å². The first-order chi connectivity index (χ1) is 20.4. The zero-order valence-corrected chi connectivity index (χ0v) is 22.1. The van der Waals surface area contributed by atoms with Crippen LogP contribution in [0.3, 0.4) is 0 Å². The van der Waals surface area contributed by atoms with Crippen molar-refractivity contribution in [2.45, 2.75) is 61.4 Å². The van der Waals surface area contributed by atoms with Crippen LogP contribution in [0.2, 0.25) is 0 Å². The van der Waals surface area contributed by atoms with Gasteiger partial charge in [-0.2, -0.15) is 0 Å². The van der Waals surface area contributed by atoms with Crippen LogP contribution in [0.1, 0.15) is 0 Å². The van der Waals surface area contributed by atoms with Gasteiger partial charge in [0.15, 0.2) is 17.8 Å². The van der Waals surface area contributed by atoms with Gasteiger partial charge >= 0.3 is 0 Å². The van der Waals surface area contributed by atoms with Crippen LogP contribution in [0.4, 0.5) is 0 Å². The molecular formula is C27H30O16. The lowest BCUT2D eigenvalue weighted by atomic mass is 9.98. The first kappa shape index (κ1) is 30.9. The Labute approximate surface area is 241 Å². The fourth-order valence-corrected chi connectivity index (χ4v) is 4.84. The number of aliphatic hydroxyl groups excluding tert-OH is 7. The molecule has 43 heavy (non-hydrogen) atoms. The van der Waals surface area contributed by atoms with Crippen LogP contribution in [0, 0.1) is 0 Å². The number of hydrogen-bond donors (Lipinski definition) is 10. The number of fused-ring (bicyclic) bond motifs is 1. The molecule has 0 saturated carbocycles. The minimum Gasteiger partial charge on any atom is -0.504 e. The lowest BCUT2D eigenvalue weighted by Crippen LogP contribution is -2.62. The Morgan fingerprint density at radius 3 is 2.00 bits per heavy atom. The van der Waals surface area contributed by atoms with Crippen LogP contribution in [-0.2, 0) is 14.2 Å². The molecule has 0 radical (unpaired) electrons. The van der Waals surface area contributed by atoms with Crippen LogP contribution in [0.25, 0.3) is 22.1 Å². The summed E-state index contributed by atoms with van der Waals surface area (Å²) in [6, 6.07) is 6.63. The van der Waals surface area contributed by atoms with Gasteiger partial charge < -0.3 is 74.4 Å². The monoisotopic (exact) mass is 610 g/mol. The SMILES string of the molecule is O=c1c(-c2ccc(OC3OC(COC4OC(CO)C(O)C(O)C4O)C(O)C(O)C3O)cc2)coc2cc(O)c(O)c(O)c12. The van der Waals surface area contributed by atoms with E-state index in [2.05, 4.69) is 0 Å². The van der Waals surface area contributed by atoms with E-state index in [4.69, 9.17) is 23.4 Å². The Kier molecular flexibility index (Phi) is 8.77. The summed E-state index contributed by atoms with van der Waals surface area (Å²) in [5, 5.41) is 99.8. The average Bonchev–Trinajstić information content (AvgIpc) is 2.99. The van der Waals surface area contributed by atoms with E-state index in [0.717, 1.165) is 12.3 Å². The fourth-order valence-electron chi connectivity index (χ4n) is 4.84. The summed E-state index contributed by atoms with van der Waals surface area (Å²) in [4.78, 5) is 13.0. The van der Waals surface area contributed by atoms with Gasteiger partial charge in [-0.3, -0.25) is 4.79 Å². The van der Waals surface area contributed by atoms with Crippen molar-refractivity contribution in [2.24, 2.45) is 0 Å². The van der Waals surface area contributed by atoms with Gasteiger partial charge in [0, 0.05) is 6.07 Å². The van der Waals surface area contributed by atoms with Crippen molar-refractivity contribution < 1.29 is 74.4 Å². The standard InChI is InChI=1S/C27H30O16/c28-6-14-19(32)22(35)24(37)26(42-14)40-8-15-20(33)23(36)25(38)27(43-15)41-10-3-1-9(2-4-10)11-7-39-13-5-12(29)18(31)21(34)16(13)17(11)30/h1-5,7,14-15,19-20,22-29,31-38H,6,8H2. The quantitative estimate of drug-likeness (QED) is 0.125. The highest BCUT2D eigenvalue weighted by Gasteiger charge is 2.47. The van der Waals surface area contributed by atoms with Gasteiger partial charge in [-0.1, -0.05) is 12.1 Å². The molecule has 2 saturated heterocycles. The minimum absolute atomic E-state index is 0.00246. The molecule has 0 amide bonds. The van der Waals surface area contributed by atoms with Crippen LogP contribution in [0.5, 0.6) is 23.0 Å². The molecule has 2 aliphatic heterocycles. The summed E-state index contributed by atoms with van der Waals surface area (Å²) < 4.78 is 27.2. The average molecular weight is 611 g/mol. The van der Waals surface area contributed by atoms with E-state index in [9.17, 15) is 55.9 Å². The zero-order valence-electron chi connectivity index (χ0n) is 22.1. The van der Waals surface area contributed by atoms with Crippen molar-refractivity contribution in [3.8, 4) is 34.1 Å². The molecule has 10 unspecified atom stereocenters. The Morgan fingerprint density at radius 2 is 1.35 bits per heavy atom. The van der Waals surface area contributed by atoms with E-state index >= 15 is 0 Å². The van der Waals surface area contributed by atoms with E-state index < -0.39 is 97.3 Å². The van der Waals surface area contributed by atoms with Gasteiger partial charge in [-0.15, -0.1) is 0 Å². The van der Waals surface area contributed by atoms with Gasteiger partial charge in [-0.25, -0.2) is 0 Å². The largest absolute Gasteiger partial charge is 0.504 e. The molecule has 16 heteroatoms. The number of benzene rings is 2. The van der Waals surface area contributed by atoms with E-state index in [0.29, 0.717) is 5.56 Å². The third kappa shape index (κ3) is 5.73. The molecule has 3 heterocycles. The van der Waals surface area contributed by atoms with Crippen molar-refractivity contribution in [1.29, 1.82) is 0 Å². The predicted molar refractivity (Wildman–Crippen MR) is 140 cm³/mol. The van der Waals surface area contributed by atoms with Crippen molar-refractivity contribution in [3.05, 3.63) is 46.8 Å². The summed E-state index contributed by atoms with van der Waals surface area (Å²) >= 11 is 0. The molecule has 1 aromatic heterocycles. The highest BCUT2D eigenvalue weighted by molar-refractivity contribution is 5.90. The number of rotatable bonds is 7. The van der Waals surface area contributed by atoms with Gasteiger partial charge in [-0.05, 0) is 17.7 Å². The summed E-state index contributed by atoms with van der Waals surface area (Å²) in [7, 11) is 0. The highest BCUT2D eigenvalue weighted by Crippen LogP contribution is 2.40. The third-order valence-corrected chi connectivity index (χ3v) is 7.35. The molecule has 5 rings (SSSR count). The second-order valence-electron chi connectivity index (χ2n) is 10.1. The van der Waals surface area contributed by atoms with Crippen LogP contribution in [0.15, 0.2) is 45.8 Å². The van der Waals surface area contributed by atoms with Crippen molar-refractivity contribution in [2.75, 3.05) is 13.2 Å². The molecular weight excluding hydrogens is 580 g/mol. The van der Waals surface area contributed by atoms with Gasteiger partial charge in [0.05, 0.1) is 18.8 Å². The van der Waals surface area contributed by atoms with E-state index in [-0.39, 0.29) is 22.3 Å². The van der Waals surface area contributed by atoms with Gasteiger partial charge in [0.2, 0.25) is 17.5 Å². The first-order valence-electron chi connectivity index (χ1n) is 13.0. The Bertz CT molecular complexity index is 1490. The minimum atomic E-state index is -1.76. The van der Waals surface area contributed by atoms with Crippen molar-refractivity contribution in [1.82, 2.24) is 0 Å². The molecule has 10 N–H and O–H groups in total. The molecule has 2 aliphatic rings. The summed E-state index contributed by atoms with van der Waals surface area (Å²) in [5.74, 6) is -2.30. The normalized spacial score (nSPS) is 33.0.